The van der Waals surface area contributed by atoms with Gasteiger partial charge in [-0.15, -0.1) is 6.58 Å². The summed E-state index contributed by atoms with van der Waals surface area (Å²) in [5.74, 6) is 0.250. The number of hydrogen-bond donors (Lipinski definition) is 1. The Morgan fingerprint density at radius 2 is 1.64 bits per heavy atom. The molecule has 0 spiro atoms. The largest absolute Gasteiger partial charge is 0.389 e. The van der Waals surface area contributed by atoms with E-state index in [2.05, 4.69) is 80.8 Å². The Morgan fingerprint density at radius 1 is 1.08 bits per heavy atom. The number of hydrogen-bond acceptors (Lipinski definition) is 1. The maximum Gasteiger partial charge on any atom is 0.106 e. The fourth-order valence-electron chi connectivity index (χ4n) is 3.99. The first-order chi connectivity index (χ1) is 11.8. The Balaban J connectivity index is 1.76. The molecule has 0 radical (unpaired) electrons. The van der Waals surface area contributed by atoms with Crippen molar-refractivity contribution >= 4 is 13.3 Å². The fourth-order valence-corrected chi connectivity index (χ4v) is 6.20. The lowest BCUT2D eigenvalue weighted by Crippen LogP contribution is -2.45. The third kappa shape index (κ3) is 3.70. The first-order valence-electron chi connectivity index (χ1n) is 9.01. The monoisotopic (exact) mass is 348 g/mol. The average Bonchev–Trinajstić information content (AvgIpc) is 2.90. The van der Waals surface area contributed by atoms with Crippen LogP contribution in [0.5, 0.6) is 0 Å². The first-order valence-corrected chi connectivity index (χ1v) is 12.0. The van der Waals surface area contributed by atoms with Gasteiger partial charge in [0.2, 0.25) is 0 Å². The van der Waals surface area contributed by atoms with Gasteiger partial charge >= 0.3 is 0 Å². The van der Waals surface area contributed by atoms with Crippen molar-refractivity contribution < 1.29 is 5.11 Å². The molecular formula is C23H28OSi. The minimum atomic E-state index is -1.80. The molecule has 3 rings (SSSR count). The maximum absolute atomic E-state index is 11.3. The van der Waals surface area contributed by atoms with Crippen LogP contribution in [0.4, 0.5) is 0 Å². The lowest BCUT2D eigenvalue weighted by Gasteiger charge is -2.32. The van der Waals surface area contributed by atoms with Gasteiger partial charge < -0.3 is 5.11 Å². The molecule has 2 heteroatoms. The van der Waals surface area contributed by atoms with Crippen LogP contribution in [-0.4, -0.2) is 18.8 Å². The predicted molar refractivity (Wildman–Crippen MR) is 110 cm³/mol. The Bertz CT molecular complexity index is 763. The number of benzene rings is 2. The molecule has 0 bridgehead atoms. The van der Waals surface area contributed by atoms with Crippen LogP contribution in [0.2, 0.25) is 13.1 Å². The molecule has 2 aromatic carbocycles. The van der Waals surface area contributed by atoms with E-state index in [0.717, 1.165) is 12.0 Å². The molecule has 1 aliphatic rings. The van der Waals surface area contributed by atoms with E-state index in [1.54, 1.807) is 0 Å². The zero-order valence-corrected chi connectivity index (χ0v) is 16.3. The normalized spacial score (nSPS) is 23.6. The molecule has 0 amide bonds. The van der Waals surface area contributed by atoms with Gasteiger partial charge in [-0.05, 0) is 24.8 Å². The summed E-state index contributed by atoms with van der Waals surface area (Å²) in [6, 6.07) is 21.1. The second-order valence-corrected chi connectivity index (χ2v) is 12.5. The second kappa shape index (κ2) is 6.78. The molecule has 130 valence electrons. The molecule has 1 fully saturated rings. The van der Waals surface area contributed by atoms with Gasteiger partial charge in [-0.2, -0.15) is 0 Å². The molecule has 25 heavy (non-hydrogen) atoms. The Kier molecular flexibility index (Phi) is 4.85. The van der Waals surface area contributed by atoms with E-state index in [-0.39, 0.29) is 5.92 Å². The molecule has 1 saturated carbocycles. The van der Waals surface area contributed by atoms with Crippen LogP contribution in [0.1, 0.15) is 30.7 Å². The predicted octanol–water partition coefficient (Wildman–Crippen LogP) is 4.95. The summed E-state index contributed by atoms with van der Waals surface area (Å²) in [6.07, 6.45) is 2.09. The number of rotatable bonds is 5. The molecular weight excluding hydrogens is 320 g/mol. The summed E-state index contributed by atoms with van der Waals surface area (Å²) in [7, 11) is -1.80. The molecule has 0 aliphatic heterocycles. The van der Waals surface area contributed by atoms with Crippen LogP contribution in [0.3, 0.4) is 0 Å². The highest BCUT2D eigenvalue weighted by atomic mass is 28.3. The van der Waals surface area contributed by atoms with Gasteiger partial charge in [0.05, 0.1) is 5.60 Å². The van der Waals surface area contributed by atoms with E-state index in [1.165, 1.54) is 15.9 Å². The molecule has 2 atom stereocenters. The molecule has 0 saturated heterocycles. The molecule has 2 aromatic rings. The highest BCUT2D eigenvalue weighted by Gasteiger charge is 2.42. The smallest absolute Gasteiger partial charge is 0.106 e. The second-order valence-electron chi connectivity index (χ2n) is 8.00. The average molecular weight is 349 g/mol. The lowest BCUT2D eigenvalue weighted by atomic mass is 9.92. The SMILES string of the molecule is C=C1CC(O)(CC(=C)[Si](C)(C)c2ccccc2)CC1c1ccccc1. The summed E-state index contributed by atoms with van der Waals surface area (Å²) in [4.78, 5) is 0. The molecule has 2 unspecified atom stereocenters. The molecule has 1 nitrogen and oxygen atoms in total. The summed E-state index contributed by atoms with van der Waals surface area (Å²) in [5, 5.41) is 13.9. The van der Waals surface area contributed by atoms with E-state index in [1.807, 2.05) is 6.07 Å². The Hall–Kier alpha value is -1.90. The van der Waals surface area contributed by atoms with E-state index in [4.69, 9.17) is 0 Å². The fraction of sp³-hybridized carbons (Fsp3) is 0.304. The van der Waals surface area contributed by atoms with Crippen molar-refractivity contribution in [3.05, 3.63) is 90.2 Å². The van der Waals surface area contributed by atoms with Crippen LogP contribution in [-0.2, 0) is 0 Å². The zero-order chi connectivity index (χ0) is 18.1. The van der Waals surface area contributed by atoms with Gasteiger partial charge in [0.1, 0.15) is 8.07 Å². The highest BCUT2D eigenvalue weighted by molar-refractivity contribution is 6.95. The third-order valence-electron chi connectivity index (χ3n) is 5.76. The van der Waals surface area contributed by atoms with E-state index >= 15 is 0 Å². The van der Waals surface area contributed by atoms with E-state index in [0.29, 0.717) is 12.8 Å². The van der Waals surface area contributed by atoms with Gasteiger partial charge in [-0.25, -0.2) is 0 Å². The van der Waals surface area contributed by atoms with Crippen LogP contribution in [0.15, 0.2) is 84.6 Å². The summed E-state index contributed by atoms with van der Waals surface area (Å²) >= 11 is 0. The van der Waals surface area contributed by atoms with Crippen LogP contribution in [0, 0.1) is 0 Å². The summed E-state index contributed by atoms with van der Waals surface area (Å²) in [5.41, 5.74) is 1.68. The van der Waals surface area contributed by atoms with E-state index in [9.17, 15) is 5.11 Å². The maximum atomic E-state index is 11.3. The minimum absolute atomic E-state index is 0.250. The molecule has 1 N–H and O–H groups in total. The van der Waals surface area contributed by atoms with Crippen molar-refractivity contribution in [1.82, 2.24) is 0 Å². The zero-order valence-electron chi connectivity index (χ0n) is 15.3. The highest BCUT2D eigenvalue weighted by Crippen LogP contribution is 2.47. The van der Waals surface area contributed by atoms with Crippen molar-refractivity contribution in [2.75, 3.05) is 0 Å². The van der Waals surface area contributed by atoms with Crippen molar-refractivity contribution in [2.24, 2.45) is 0 Å². The quantitative estimate of drug-likeness (QED) is 0.598. The van der Waals surface area contributed by atoms with Gasteiger partial charge in [0.15, 0.2) is 0 Å². The topological polar surface area (TPSA) is 20.2 Å². The van der Waals surface area contributed by atoms with Gasteiger partial charge in [0, 0.05) is 5.92 Å². The molecule has 0 aromatic heterocycles. The summed E-state index contributed by atoms with van der Waals surface area (Å²) < 4.78 is 0. The minimum Gasteiger partial charge on any atom is -0.389 e. The van der Waals surface area contributed by atoms with Crippen molar-refractivity contribution in [3.8, 4) is 0 Å². The van der Waals surface area contributed by atoms with Gasteiger partial charge in [-0.1, -0.05) is 96.3 Å². The molecule has 0 heterocycles. The van der Waals surface area contributed by atoms with Crippen LogP contribution in [0.25, 0.3) is 0 Å². The van der Waals surface area contributed by atoms with E-state index < -0.39 is 13.7 Å². The standard InChI is InChI=1S/C23H28OSi/c1-18-15-23(24,17-22(18)20-11-7-5-8-12-20)16-19(2)25(3,4)21-13-9-6-10-14-21/h5-14,22,24H,1-2,15-17H2,3-4H3. The van der Waals surface area contributed by atoms with Crippen molar-refractivity contribution in [2.45, 2.75) is 43.9 Å². The summed E-state index contributed by atoms with van der Waals surface area (Å²) in [6.45, 7) is 13.3. The molecule has 1 aliphatic carbocycles. The van der Waals surface area contributed by atoms with Crippen molar-refractivity contribution in [1.29, 1.82) is 0 Å². The van der Waals surface area contributed by atoms with Crippen LogP contribution < -0.4 is 5.19 Å². The Morgan fingerprint density at radius 3 is 2.24 bits per heavy atom. The Labute approximate surface area is 152 Å². The van der Waals surface area contributed by atoms with Gasteiger partial charge in [0.25, 0.3) is 0 Å². The lowest BCUT2D eigenvalue weighted by molar-refractivity contribution is 0.0505. The third-order valence-corrected chi connectivity index (χ3v) is 9.48. The van der Waals surface area contributed by atoms with Gasteiger partial charge in [-0.3, -0.25) is 0 Å². The number of aliphatic hydroxyl groups is 1. The van der Waals surface area contributed by atoms with Crippen LogP contribution >= 0.6 is 0 Å². The first kappa shape index (κ1) is 17.9. The van der Waals surface area contributed by atoms with Crippen molar-refractivity contribution in [3.63, 3.8) is 0 Å².